The molecule has 0 saturated carbocycles. The predicted octanol–water partition coefficient (Wildman–Crippen LogP) is 1.51. The smallest absolute Gasteiger partial charge is 0.231 e. The van der Waals surface area contributed by atoms with Gasteiger partial charge in [-0.05, 0) is 24.6 Å². The summed E-state index contributed by atoms with van der Waals surface area (Å²) in [6.07, 6.45) is 2.58. The average molecular weight is 288 g/mol. The molecular weight excluding hydrogens is 264 g/mol. The Morgan fingerprint density at radius 3 is 2.81 bits per heavy atom. The second-order valence-corrected chi connectivity index (χ2v) is 4.96. The Labute approximate surface area is 127 Å². The van der Waals surface area contributed by atoms with E-state index in [4.69, 9.17) is 10.8 Å². The Bertz CT molecular complexity index is 503. The third kappa shape index (κ3) is 6.94. The highest BCUT2D eigenvalue weighted by Gasteiger charge is 2.10. The van der Waals surface area contributed by atoms with Gasteiger partial charge < -0.3 is 10.8 Å². The fourth-order valence-electron chi connectivity index (χ4n) is 2.05. The quantitative estimate of drug-likeness (QED) is 0.713. The van der Waals surface area contributed by atoms with Crippen molar-refractivity contribution in [3.8, 4) is 11.8 Å². The number of amides is 1. The van der Waals surface area contributed by atoms with Gasteiger partial charge in [0, 0.05) is 18.5 Å². The molecule has 0 atom stereocenters. The molecule has 114 valence electrons. The van der Waals surface area contributed by atoms with E-state index < -0.39 is 0 Å². The van der Waals surface area contributed by atoms with Crippen LogP contribution < -0.4 is 5.73 Å². The fraction of sp³-hybridized carbons (Fsp3) is 0.471. The zero-order valence-electron chi connectivity index (χ0n) is 12.6. The molecule has 0 bridgehead atoms. The number of benzene rings is 1. The minimum atomic E-state index is -0.310. The predicted molar refractivity (Wildman–Crippen MR) is 84.4 cm³/mol. The molecule has 1 aromatic carbocycles. The molecule has 0 spiro atoms. The van der Waals surface area contributed by atoms with Gasteiger partial charge in [-0.1, -0.05) is 43.4 Å². The van der Waals surface area contributed by atoms with Gasteiger partial charge >= 0.3 is 0 Å². The average Bonchev–Trinajstić information content (AvgIpc) is 2.46. The first-order chi connectivity index (χ1) is 10.2. The molecule has 0 fully saturated rings. The van der Waals surface area contributed by atoms with Crippen molar-refractivity contribution in [2.45, 2.75) is 32.7 Å². The molecule has 0 radical (unpaired) electrons. The van der Waals surface area contributed by atoms with Gasteiger partial charge in [0.05, 0.1) is 13.2 Å². The first-order valence-corrected chi connectivity index (χ1v) is 7.35. The summed E-state index contributed by atoms with van der Waals surface area (Å²) in [4.78, 5) is 13.2. The SMILES string of the molecule is CCCCN(CC(N)=O)Cc1ccccc1C#CCCO. The molecule has 0 heterocycles. The van der Waals surface area contributed by atoms with Crippen LogP contribution in [-0.2, 0) is 11.3 Å². The number of hydrogen-bond acceptors (Lipinski definition) is 3. The van der Waals surface area contributed by atoms with Gasteiger partial charge in [-0.2, -0.15) is 0 Å². The molecule has 0 aliphatic heterocycles. The van der Waals surface area contributed by atoms with Gasteiger partial charge in [-0.25, -0.2) is 0 Å². The lowest BCUT2D eigenvalue weighted by Crippen LogP contribution is -2.34. The summed E-state index contributed by atoms with van der Waals surface area (Å²) in [5.74, 6) is 5.70. The van der Waals surface area contributed by atoms with Crippen LogP contribution in [0.3, 0.4) is 0 Å². The van der Waals surface area contributed by atoms with Crippen LogP contribution in [0.1, 0.15) is 37.3 Å². The van der Waals surface area contributed by atoms with Crippen molar-refractivity contribution >= 4 is 5.91 Å². The lowest BCUT2D eigenvalue weighted by Gasteiger charge is -2.21. The van der Waals surface area contributed by atoms with Crippen LogP contribution >= 0.6 is 0 Å². The van der Waals surface area contributed by atoms with Gasteiger partial charge in [0.2, 0.25) is 5.91 Å². The normalized spacial score (nSPS) is 10.2. The molecule has 0 unspecified atom stereocenters. The molecule has 3 N–H and O–H groups in total. The summed E-state index contributed by atoms with van der Waals surface area (Å²) >= 11 is 0. The Hall–Kier alpha value is -1.83. The number of hydrogen-bond donors (Lipinski definition) is 2. The van der Waals surface area contributed by atoms with Crippen LogP contribution in [0.25, 0.3) is 0 Å². The number of carbonyl (C=O) groups excluding carboxylic acids is 1. The Kier molecular flexibility index (Phi) is 8.18. The maximum atomic E-state index is 11.2. The second-order valence-electron chi connectivity index (χ2n) is 4.96. The summed E-state index contributed by atoms with van der Waals surface area (Å²) in [5.41, 5.74) is 7.34. The minimum absolute atomic E-state index is 0.0689. The second kappa shape index (κ2) is 9.98. The first kappa shape index (κ1) is 17.2. The van der Waals surface area contributed by atoms with Gasteiger partial charge in [0.1, 0.15) is 0 Å². The Morgan fingerprint density at radius 1 is 1.38 bits per heavy atom. The third-order valence-corrected chi connectivity index (χ3v) is 3.08. The molecule has 4 heteroatoms. The van der Waals surface area contributed by atoms with E-state index >= 15 is 0 Å². The highest BCUT2D eigenvalue weighted by molar-refractivity contribution is 5.75. The highest BCUT2D eigenvalue weighted by atomic mass is 16.2. The molecule has 1 amide bonds. The van der Waals surface area contributed by atoms with Crippen molar-refractivity contribution in [1.82, 2.24) is 4.90 Å². The van der Waals surface area contributed by atoms with Crippen molar-refractivity contribution in [1.29, 1.82) is 0 Å². The molecule has 1 rings (SSSR count). The lowest BCUT2D eigenvalue weighted by atomic mass is 10.1. The molecule has 0 aliphatic carbocycles. The number of primary amides is 1. The maximum absolute atomic E-state index is 11.2. The largest absolute Gasteiger partial charge is 0.395 e. The monoisotopic (exact) mass is 288 g/mol. The molecule has 1 aromatic rings. The van der Waals surface area contributed by atoms with Crippen molar-refractivity contribution in [3.05, 3.63) is 35.4 Å². The number of rotatable bonds is 8. The van der Waals surface area contributed by atoms with E-state index in [1.165, 1.54) is 0 Å². The zero-order chi connectivity index (χ0) is 15.5. The minimum Gasteiger partial charge on any atom is -0.395 e. The summed E-state index contributed by atoms with van der Waals surface area (Å²) < 4.78 is 0. The number of unbranched alkanes of at least 4 members (excludes halogenated alkanes) is 1. The topological polar surface area (TPSA) is 66.6 Å². The van der Waals surface area contributed by atoms with E-state index in [0.717, 1.165) is 30.5 Å². The number of nitrogens with zero attached hydrogens (tertiary/aromatic N) is 1. The van der Waals surface area contributed by atoms with Gasteiger partial charge in [0.15, 0.2) is 0 Å². The molecule has 21 heavy (non-hydrogen) atoms. The molecule has 0 aromatic heterocycles. The van der Waals surface area contributed by atoms with Crippen molar-refractivity contribution in [3.63, 3.8) is 0 Å². The van der Waals surface area contributed by atoms with Crippen LogP contribution in [0.4, 0.5) is 0 Å². The molecule has 0 aliphatic rings. The number of carbonyl (C=O) groups is 1. The number of aliphatic hydroxyl groups excluding tert-OH is 1. The van der Waals surface area contributed by atoms with Crippen LogP contribution in [0.5, 0.6) is 0 Å². The maximum Gasteiger partial charge on any atom is 0.231 e. The Morgan fingerprint density at radius 2 is 2.14 bits per heavy atom. The first-order valence-electron chi connectivity index (χ1n) is 7.35. The highest BCUT2D eigenvalue weighted by Crippen LogP contribution is 2.11. The van der Waals surface area contributed by atoms with E-state index in [0.29, 0.717) is 13.0 Å². The van der Waals surface area contributed by atoms with E-state index in [2.05, 4.69) is 23.7 Å². The van der Waals surface area contributed by atoms with Crippen molar-refractivity contribution < 1.29 is 9.90 Å². The van der Waals surface area contributed by atoms with E-state index in [1.807, 2.05) is 24.3 Å². The number of nitrogens with two attached hydrogens (primary N) is 1. The fourth-order valence-corrected chi connectivity index (χ4v) is 2.05. The van der Waals surface area contributed by atoms with Crippen LogP contribution in [0.2, 0.25) is 0 Å². The molecule has 4 nitrogen and oxygen atoms in total. The van der Waals surface area contributed by atoms with Crippen LogP contribution in [0.15, 0.2) is 24.3 Å². The van der Waals surface area contributed by atoms with Crippen molar-refractivity contribution in [2.75, 3.05) is 19.7 Å². The van der Waals surface area contributed by atoms with Gasteiger partial charge in [0.25, 0.3) is 0 Å². The number of aliphatic hydroxyl groups is 1. The summed E-state index contributed by atoms with van der Waals surface area (Å²) in [6.45, 7) is 3.96. The van der Waals surface area contributed by atoms with E-state index in [-0.39, 0.29) is 19.1 Å². The summed E-state index contributed by atoms with van der Waals surface area (Å²) in [5, 5.41) is 8.79. The molecular formula is C17H24N2O2. The standard InChI is InChI=1S/C17H24N2O2/c1-2-3-11-19(14-17(18)21)13-16-10-5-4-8-15(16)9-6-7-12-20/h4-5,8,10,20H,2-3,7,11-14H2,1H3,(H2,18,21). The summed E-state index contributed by atoms with van der Waals surface area (Å²) in [7, 11) is 0. The van der Waals surface area contributed by atoms with Gasteiger partial charge in [-0.15, -0.1) is 0 Å². The third-order valence-electron chi connectivity index (χ3n) is 3.08. The van der Waals surface area contributed by atoms with E-state index in [1.54, 1.807) is 0 Å². The van der Waals surface area contributed by atoms with E-state index in [9.17, 15) is 4.79 Å². The molecule has 0 saturated heterocycles. The van der Waals surface area contributed by atoms with Crippen LogP contribution in [0, 0.1) is 11.8 Å². The summed E-state index contributed by atoms with van der Waals surface area (Å²) in [6, 6.07) is 7.89. The Balaban J connectivity index is 2.82. The lowest BCUT2D eigenvalue weighted by molar-refractivity contribution is -0.119. The van der Waals surface area contributed by atoms with Crippen LogP contribution in [-0.4, -0.2) is 35.6 Å². The van der Waals surface area contributed by atoms with Gasteiger partial charge in [-0.3, -0.25) is 9.69 Å². The van der Waals surface area contributed by atoms with Crippen molar-refractivity contribution in [2.24, 2.45) is 5.73 Å². The zero-order valence-corrected chi connectivity index (χ0v) is 12.6.